The molecule has 0 aliphatic rings. The molecule has 0 amide bonds. The smallest absolute Gasteiger partial charge is 0.306 e. The standard InChI is InChI=1S/C18H36O2/c1-4-5-6-7-8-9-10-11-12-13-14-17(18(19)20)15-16(2)3/h16-17H,4-15H2,1-3H3,(H,19,20)/t17-/m0/s1. The lowest BCUT2D eigenvalue weighted by atomic mass is 9.92. The summed E-state index contributed by atoms with van der Waals surface area (Å²) in [7, 11) is 0. The topological polar surface area (TPSA) is 37.3 Å². The second-order valence-electron chi connectivity index (χ2n) is 6.64. The van der Waals surface area contributed by atoms with Crippen molar-refractivity contribution >= 4 is 5.97 Å². The zero-order chi connectivity index (χ0) is 15.2. The minimum Gasteiger partial charge on any atom is -0.481 e. The molecule has 0 aliphatic carbocycles. The molecule has 20 heavy (non-hydrogen) atoms. The number of hydrogen-bond donors (Lipinski definition) is 1. The number of unbranched alkanes of at least 4 members (excludes halogenated alkanes) is 9. The molecule has 120 valence electrons. The number of carboxylic acids is 1. The van der Waals surface area contributed by atoms with Gasteiger partial charge in [-0.25, -0.2) is 0 Å². The Morgan fingerprint density at radius 2 is 1.30 bits per heavy atom. The molecular weight excluding hydrogens is 248 g/mol. The van der Waals surface area contributed by atoms with E-state index in [1.54, 1.807) is 0 Å². The molecule has 0 radical (unpaired) electrons. The SMILES string of the molecule is CCCCCCCCCCCC[C@@H](CC(C)C)C(=O)O. The van der Waals surface area contributed by atoms with Gasteiger partial charge >= 0.3 is 5.97 Å². The van der Waals surface area contributed by atoms with Crippen LogP contribution in [0.25, 0.3) is 0 Å². The Morgan fingerprint density at radius 1 is 0.850 bits per heavy atom. The van der Waals surface area contributed by atoms with Gasteiger partial charge in [0.25, 0.3) is 0 Å². The number of carbonyl (C=O) groups is 1. The molecule has 2 nitrogen and oxygen atoms in total. The van der Waals surface area contributed by atoms with Crippen molar-refractivity contribution in [2.45, 2.75) is 97.8 Å². The van der Waals surface area contributed by atoms with Crippen LogP contribution in [0.3, 0.4) is 0 Å². The maximum Gasteiger partial charge on any atom is 0.306 e. The van der Waals surface area contributed by atoms with E-state index >= 15 is 0 Å². The quantitative estimate of drug-likeness (QED) is 0.394. The summed E-state index contributed by atoms with van der Waals surface area (Å²) in [6, 6.07) is 0. The fourth-order valence-electron chi connectivity index (χ4n) is 2.79. The van der Waals surface area contributed by atoms with Gasteiger partial charge in [-0.05, 0) is 18.8 Å². The lowest BCUT2D eigenvalue weighted by Gasteiger charge is -2.14. The number of aliphatic carboxylic acids is 1. The van der Waals surface area contributed by atoms with Gasteiger partial charge in [0, 0.05) is 0 Å². The van der Waals surface area contributed by atoms with E-state index in [4.69, 9.17) is 5.11 Å². The molecule has 0 rings (SSSR count). The van der Waals surface area contributed by atoms with Crippen molar-refractivity contribution in [2.24, 2.45) is 11.8 Å². The molecule has 0 spiro atoms. The highest BCUT2D eigenvalue weighted by molar-refractivity contribution is 5.69. The molecular formula is C18H36O2. The fourth-order valence-corrected chi connectivity index (χ4v) is 2.79. The van der Waals surface area contributed by atoms with Crippen LogP contribution < -0.4 is 0 Å². The first-order valence-corrected chi connectivity index (χ1v) is 8.80. The molecule has 1 N–H and O–H groups in total. The summed E-state index contributed by atoms with van der Waals surface area (Å²) < 4.78 is 0. The van der Waals surface area contributed by atoms with E-state index in [1.807, 2.05) is 0 Å². The zero-order valence-corrected chi connectivity index (χ0v) is 14.0. The molecule has 0 saturated carbocycles. The van der Waals surface area contributed by atoms with Crippen molar-refractivity contribution in [1.29, 1.82) is 0 Å². The van der Waals surface area contributed by atoms with Crippen LogP contribution in [0.5, 0.6) is 0 Å². The van der Waals surface area contributed by atoms with Crippen LogP contribution in [0.15, 0.2) is 0 Å². The molecule has 1 atom stereocenters. The van der Waals surface area contributed by atoms with Crippen molar-refractivity contribution in [3.63, 3.8) is 0 Å². The molecule has 0 bridgehead atoms. The van der Waals surface area contributed by atoms with E-state index in [9.17, 15) is 4.79 Å². The van der Waals surface area contributed by atoms with E-state index in [-0.39, 0.29) is 5.92 Å². The van der Waals surface area contributed by atoms with Crippen LogP contribution in [0.4, 0.5) is 0 Å². The fraction of sp³-hybridized carbons (Fsp3) is 0.944. The Hall–Kier alpha value is -0.530. The molecule has 0 saturated heterocycles. The van der Waals surface area contributed by atoms with Gasteiger partial charge < -0.3 is 5.11 Å². The number of carboxylic acid groups (broad SMARTS) is 1. The highest BCUT2D eigenvalue weighted by Gasteiger charge is 2.17. The first kappa shape index (κ1) is 19.5. The van der Waals surface area contributed by atoms with Crippen molar-refractivity contribution < 1.29 is 9.90 Å². The van der Waals surface area contributed by atoms with E-state index in [2.05, 4.69) is 20.8 Å². The molecule has 0 aromatic rings. The summed E-state index contributed by atoms with van der Waals surface area (Å²) in [4.78, 5) is 11.1. The Bertz CT molecular complexity index is 223. The van der Waals surface area contributed by atoms with Gasteiger partial charge in [0.1, 0.15) is 0 Å². The van der Waals surface area contributed by atoms with Crippen molar-refractivity contribution in [3.05, 3.63) is 0 Å². The minimum atomic E-state index is -0.602. The molecule has 0 unspecified atom stereocenters. The summed E-state index contributed by atoms with van der Waals surface area (Å²) in [6.45, 7) is 6.46. The Kier molecular flexibility index (Phi) is 13.1. The van der Waals surface area contributed by atoms with Gasteiger partial charge in [-0.15, -0.1) is 0 Å². The maximum atomic E-state index is 11.1. The third-order valence-corrected chi connectivity index (χ3v) is 4.01. The molecule has 0 heterocycles. The summed E-state index contributed by atoms with van der Waals surface area (Å²) in [5, 5.41) is 9.17. The summed E-state index contributed by atoms with van der Waals surface area (Å²) in [5.74, 6) is -0.238. The van der Waals surface area contributed by atoms with Crippen molar-refractivity contribution in [1.82, 2.24) is 0 Å². The predicted molar refractivity (Wildman–Crippen MR) is 87.0 cm³/mol. The van der Waals surface area contributed by atoms with Crippen molar-refractivity contribution in [2.75, 3.05) is 0 Å². The third-order valence-electron chi connectivity index (χ3n) is 4.01. The van der Waals surface area contributed by atoms with Crippen molar-refractivity contribution in [3.8, 4) is 0 Å². The van der Waals surface area contributed by atoms with E-state index < -0.39 is 5.97 Å². The zero-order valence-electron chi connectivity index (χ0n) is 14.0. The largest absolute Gasteiger partial charge is 0.481 e. The maximum absolute atomic E-state index is 11.1. The second-order valence-corrected chi connectivity index (χ2v) is 6.64. The third kappa shape index (κ3) is 12.5. The number of rotatable bonds is 14. The predicted octanol–water partition coefficient (Wildman–Crippen LogP) is 6.04. The normalized spacial score (nSPS) is 12.8. The van der Waals surface area contributed by atoms with Gasteiger partial charge in [0.15, 0.2) is 0 Å². The second kappa shape index (κ2) is 13.5. The van der Waals surface area contributed by atoms with Gasteiger partial charge in [-0.2, -0.15) is 0 Å². The van der Waals surface area contributed by atoms with Gasteiger partial charge in [0.05, 0.1) is 5.92 Å². The van der Waals surface area contributed by atoms with Gasteiger partial charge in [-0.3, -0.25) is 4.79 Å². The lowest BCUT2D eigenvalue weighted by Crippen LogP contribution is -2.15. The van der Waals surface area contributed by atoms with Gasteiger partial charge in [0.2, 0.25) is 0 Å². The van der Waals surface area contributed by atoms with E-state index in [0.717, 1.165) is 19.3 Å². The van der Waals surface area contributed by atoms with E-state index in [1.165, 1.54) is 57.8 Å². The Morgan fingerprint density at radius 3 is 1.70 bits per heavy atom. The summed E-state index contributed by atoms with van der Waals surface area (Å²) in [6.07, 6.45) is 14.8. The molecule has 2 heteroatoms. The first-order valence-electron chi connectivity index (χ1n) is 8.80. The van der Waals surface area contributed by atoms with Crippen LogP contribution in [-0.4, -0.2) is 11.1 Å². The number of hydrogen-bond acceptors (Lipinski definition) is 1. The Labute approximate surface area is 126 Å². The van der Waals surface area contributed by atoms with E-state index in [0.29, 0.717) is 5.92 Å². The molecule has 0 aromatic carbocycles. The van der Waals surface area contributed by atoms with Crippen LogP contribution in [0.1, 0.15) is 97.8 Å². The highest BCUT2D eigenvalue weighted by Crippen LogP contribution is 2.20. The minimum absolute atomic E-state index is 0.121. The average molecular weight is 284 g/mol. The van der Waals surface area contributed by atoms with Gasteiger partial charge in [-0.1, -0.05) is 85.0 Å². The summed E-state index contributed by atoms with van der Waals surface area (Å²) in [5.41, 5.74) is 0. The molecule has 0 aliphatic heterocycles. The molecule has 0 fully saturated rings. The van der Waals surface area contributed by atoms with Crippen LogP contribution in [0.2, 0.25) is 0 Å². The molecule has 0 aromatic heterocycles. The average Bonchev–Trinajstić information content (AvgIpc) is 2.39. The monoisotopic (exact) mass is 284 g/mol. The lowest BCUT2D eigenvalue weighted by molar-refractivity contribution is -0.142. The summed E-state index contributed by atoms with van der Waals surface area (Å²) >= 11 is 0. The van der Waals surface area contributed by atoms with Crippen LogP contribution in [0, 0.1) is 11.8 Å². The first-order chi connectivity index (χ1) is 9.57. The van der Waals surface area contributed by atoms with Crippen LogP contribution in [-0.2, 0) is 4.79 Å². The highest BCUT2D eigenvalue weighted by atomic mass is 16.4. The van der Waals surface area contributed by atoms with Crippen LogP contribution >= 0.6 is 0 Å². The Balaban J connectivity index is 3.39.